The highest BCUT2D eigenvalue weighted by molar-refractivity contribution is 8.04. The van der Waals surface area contributed by atoms with Crippen LogP contribution < -0.4 is 4.90 Å². The lowest BCUT2D eigenvalue weighted by molar-refractivity contribution is -0.133. The molecular formula is C27H30FN3O2S. The zero-order valence-electron chi connectivity index (χ0n) is 19.3. The van der Waals surface area contributed by atoms with E-state index in [9.17, 15) is 14.0 Å². The van der Waals surface area contributed by atoms with Gasteiger partial charge in [-0.3, -0.25) is 19.4 Å². The Morgan fingerprint density at radius 2 is 1.68 bits per heavy atom. The number of para-hydroxylation sites is 1. The summed E-state index contributed by atoms with van der Waals surface area (Å²) in [5, 5.41) is 0. The molecule has 2 aliphatic heterocycles. The molecular weight excluding hydrogens is 449 g/mol. The van der Waals surface area contributed by atoms with Gasteiger partial charge in [-0.1, -0.05) is 61.4 Å². The number of rotatable bonds is 4. The van der Waals surface area contributed by atoms with Gasteiger partial charge in [0.15, 0.2) is 0 Å². The van der Waals surface area contributed by atoms with Crippen LogP contribution in [0.2, 0.25) is 0 Å². The molecule has 5 nitrogen and oxygen atoms in total. The van der Waals surface area contributed by atoms with Crippen molar-refractivity contribution in [3.63, 3.8) is 0 Å². The van der Waals surface area contributed by atoms with Gasteiger partial charge in [0.05, 0.1) is 10.6 Å². The van der Waals surface area contributed by atoms with Crippen LogP contribution in [-0.2, 0) is 9.59 Å². The summed E-state index contributed by atoms with van der Waals surface area (Å²) in [6.07, 6.45) is 8.07. The number of fused-ring (bicyclic) bond motifs is 1. The van der Waals surface area contributed by atoms with Crippen LogP contribution in [0.5, 0.6) is 0 Å². The van der Waals surface area contributed by atoms with Gasteiger partial charge in [-0.2, -0.15) is 0 Å². The number of thioether (sulfide) groups is 1. The van der Waals surface area contributed by atoms with E-state index in [0.29, 0.717) is 29.6 Å². The number of amides is 2. The highest BCUT2D eigenvalue weighted by Gasteiger charge is 2.33. The summed E-state index contributed by atoms with van der Waals surface area (Å²) in [7, 11) is 0. The molecule has 0 N–H and O–H groups in total. The van der Waals surface area contributed by atoms with E-state index in [4.69, 9.17) is 0 Å². The summed E-state index contributed by atoms with van der Waals surface area (Å²) in [6.45, 7) is 3.19. The van der Waals surface area contributed by atoms with Crippen molar-refractivity contribution >= 4 is 35.3 Å². The van der Waals surface area contributed by atoms with Crippen molar-refractivity contribution in [1.82, 2.24) is 9.80 Å². The topological polar surface area (TPSA) is 43.9 Å². The van der Waals surface area contributed by atoms with Crippen LogP contribution in [0.15, 0.2) is 58.3 Å². The Morgan fingerprint density at radius 3 is 2.44 bits per heavy atom. The number of nitrogens with zero attached hydrogens (tertiary/aromatic N) is 3. The molecule has 2 aromatic carbocycles. The number of hydrogen-bond acceptors (Lipinski definition) is 4. The van der Waals surface area contributed by atoms with Crippen molar-refractivity contribution in [2.45, 2.75) is 43.0 Å². The number of carbonyl (C=O) groups is 2. The van der Waals surface area contributed by atoms with Crippen LogP contribution in [0.3, 0.4) is 0 Å². The number of hydrogen-bond donors (Lipinski definition) is 0. The molecule has 0 spiro atoms. The first-order valence-corrected chi connectivity index (χ1v) is 13.0. The Hall–Kier alpha value is -2.64. The summed E-state index contributed by atoms with van der Waals surface area (Å²) in [6, 6.07) is 14.6. The molecule has 0 atom stereocenters. The fourth-order valence-electron chi connectivity index (χ4n) is 5.17. The molecule has 0 bridgehead atoms. The van der Waals surface area contributed by atoms with E-state index in [-0.39, 0.29) is 24.2 Å². The third-order valence-electron chi connectivity index (χ3n) is 7.08. The zero-order valence-corrected chi connectivity index (χ0v) is 20.1. The van der Waals surface area contributed by atoms with Crippen molar-refractivity contribution in [3.05, 3.63) is 64.8 Å². The van der Waals surface area contributed by atoms with Gasteiger partial charge < -0.3 is 4.90 Å². The van der Waals surface area contributed by atoms with E-state index < -0.39 is 0 Å². The van der Waals surface area contributed by atoms with Gasteiger partial charge >= 0.3 is 0 Å². The molecule has 2 aromatic rings. The molecule has 2 amide bonds. The molecule has 0 unspecified atom stereocenters. The maximum atomic E-state index is 14.2. The highest BCUT2D eigenvalue weighted by Crippen LogP contribution is 2.42. The van der Waals surface area contributed by atoms with Crippen molar-refractivity contribution in [2.75, 3.05) is 37.6 Å². The smallest absolute Gasteiger partial charge is 0.265 e. The minimum absolute atomic E-state index is 0.00551. The Kier molecular flexibility index (Phi) is 7.02. The van der Waals surface area contributed by atoms with Gasteiger partial charge in [0.2, 0.25) is 5.91 Å². The predicted octanol–water partition coefficient (Wildman–Crippen LogP) is 4.78. The van der Waals surface area contributed by atoms with E-state index >= 15 is 0 Å². The monoisotopic (exact) mass is 479 g/mol. The molecule has 5 rings (SSSR count). The van der Waals surface area contributed by atoms with E-state index in [0.717, 1.165) is 23.7 Å². The second kappa shape index (κ2) is 10.3. The van der Waals surface area contributed by atoms with E-state index in [1.54, 1.807) is 29.2 Å². The molecule has 2 heterocycles. The zero-order chi connectivity index (χ0) is 23.5. The van der Waals surface area contributed by atoms with Gasteiger partial charge in [0.25, 0.3) is 5.91 Å². The van der Waals surface area contributed by atoms with Gasteiger partial charge in [-0.05, 0) is 37.1 Å². The number of carbonyl (C=O) groups excluding carboxylic acids is 2. The molecule has 1 saturated heterocycles. The molecule has 0 aromatic heterocycles. The van der Waals surface area contributed by atoms with Gasteiger partial charge in [-0.15, -0.1) is 0 Å². The van der Waals surface area contributed by atoms with Crippen molar-refractivity contribution in [1.29, 1.82) is 0 Å². The average Bonchev–Trinajstić information content (AvgIpc) is 2.88. The number of piperazine rings is 1. The Bertz CT molecular complexity index is 1090. The lowest BCUT2D eigenvalue weighted by Gasteiger charge is -2.41. The fraction of sp³-hybridized carbons (Fsp3) is 0.407. The van der Waals surface area contributed by atoms with Crippen LogP contribution in [0.4, 0.5) is 10.1 Å². The third kappa shape index (κ3) is 4.91. The first-order chi connectivity index (χ1) is 16.6. The summed E-state index contributed by atoms with van der Waals surface area (Å²) < 4.78 is 14.2. The maximum Gasteiger partial charge on any atom is 0.265 e. The summed E-state index contributed by atoms with van der Waals surface area (Å²) in [4.78, 5) is 33.9. The number of halogens is 1. The SMILES string of the molecule is O=C(CN1C(=O)/C(=C/c2ccccc2F)Sc2ccccc21)N1CCN(C2CCCCC2)CC1. The Labute approximate surface area is 204 Å². The van der Waals surface area contributed by atoms with Crippen LogP contribution >= 0.6 is 11.8 Å². The lowest BCUT2D eigenvalue weighted by atomic mass is 9.94. The van der Waals surface area contributed by atoms with Gasteiger partial charge in [-0.25, -0.2) is 4.39 Å². The second-order valence-corrected chi connectivity index (χ2v) is 10.3. The number of benzene rings is 2. The minimum atomic E-state index is -0.374. The first-order valence-electron chi connectivity index (χ1n) is 12.2. The summed E-state index contributed by atoms with van der Waals surface area (Å²) in [5.41, 5.74) is 1.10. The van der Waals surface area contributed by atoms with Crippen molar-refractivity contribution in [3.8, 4) is 0 Å². The molecule has 1 saturated carbocycles. The van der Waals surface area contributed by atoms with Gasteiger partial charge in [0, 0.05) is 42.7 Å². The summed E-state index contributed by atoms with van der Waals surface area (Å²) >= 11 is 1.32. The van der Waals surface area contributed by atoms with Crippen molar-refractivity contribution < 1.29 is 14.0 Å². The van der Waals surface area contributed by atoms with E-state index in [2.05, 4.69) is 4.90 Å². The molecule has 2 fully saturated rings. The third-order valence-corrected chi connectivity index (χ3v) is 8.15. The molecule has 1 aliphatic carbocycles. The molecule has 178 valence electrons. The quantitative estimate of drug-likeness (QED) is 0.592. The highest BCUT2D eigenvalue weighted by atomic mass is 32.2. The average molecular weight is 480 g/mol. The molecule has 3 aliphatic rings. The van der Waals surface area contributed by atoms with E-state index in [1.807, 2.05) is 29.2 Å². The molecule has 34 heavy (non-hydrogen) atoms. The standard InChI is InChI=1S/C27H30FN3O2S/c28-22-11-5-4-8-20(22)18-25-27(33)31(23-12-6-7-13-24(23)34-25)19-26(32)30-16-14-29(15-17-30)21-9-2-1-3-10-21/h4-8,11-13,18,21H,1-3,9-10,14-17,19H2/b25-18-. The van der Waals surface area contributed by atoms with Crippen LogP contribution in [0.25, 0.3) is 6.08 Å². The van der Waals surface area contributed by atoms with Crippen molar-refractivity contribution in [2.24, 2.45) is 0 Å². The minimum Gasteiger partial charge on any atom is -0.339 e. The predicted molar refractivity (Wildman–Crippen MR) is 134 cm³/mol. The largest absolute Gasteiger partial charge is 0.339 e. The van der Waals surface area contributed by atoms with Crippen LogP contribution in [0.1, 0.15) is 37.7 Å². The maximum absolute atomic E-state index is 14.2. The van der Waals surface area contributed by atoms with Gasteiger partial charge in [0.1, 0.15) is 12.4 Å². The molecule has 7 heteroatoms. The van der Waals surface area contributed by atoms with E-state index in [1.165, 1.54) is 49.9 Å². The fourth-order valence-corrected chi connectivity index (χ4v) is 6.22. The lowest BCUT2D eigenvalue weighted by Crippen LogP contribution is -2.54. The second-order valence-electron chi connectivity index (χ2n) is 9.20. The first kappa shape index (κ1) is 23.1. The Balaban J connectivity index is 1.31. The number of anilines is 1. The Morgan fingerprint density at radius 1 is 0.971 bits per heavy atom. The van der Waals surface area contributed by atoms with Crippen LogP contribution in [0, 0.1) is 5.82 Å². The summed E-state index contributed by atoms with van der Waals surface area (Å²) in [5.74, 6) is -0.676. The molecule has 0 radical (unpaired) electrons. The van der Waals surface area contributed by atoms with Crippen LogP contribution in [-0.4, -0.2) is 60.4 Å². The normalized spacial score (nSPS) is 21.1.